The van der Waals surface area contributed by atoms with Gasteiger partial charge in [0, 0.05) is 31.9 Å². The molecule has 1 N–H and O–H groups in total. The molecule has 6 nitrogen and oxygen atoms in total. The molecule has 19 heavy (non-hydrogen) atoms. The zero-order chi connectivity index (χ0) is 13.8. The van der Waals surface area contributed by atoms with Crippen molar-refractivity contribution in [2.24, 2.45) is 0 Å². The Morgan fingerprint density at radius 1 is 1.32 bits per heavy atom. The van der Waals surface area contributed by atoms with E-state index in [4.69, 9.17) is 16.1 Å². The van der Waals surface area contributed by atoms with Crippen molar-refractivity contribution in [3.05, 3.63) is 28.8 Å². The van der Waals surface area contributed by atoms with E-state index in [1.54, 1.807) is 13.0 Å². The van der Waals surface area contributed by atoms with Crippen LogP contribution in [0.5, 0.6) is 0 Å². The molecule has 0 aliphatic rings. The molecule has 0 spiro atoms. The van der Waals surface area contributed by atoms with Crippen LogP contribution in [0.25, 0.3) is 0 Å². The van der Waals surface area contributed by atoms with Crippen molar-refractivity contribution < 1.29 is 4.52 Å². The fourth-order valence-electron chi connectivity index (χ4n) is 1.53. The Morgan fingerprint density at radius 2 is 2.11 bits per heavy atom. The van der Waals surface area contributed by atoms with Crippen LogP contribution in [0.2, 0.25) is 5.15 Å². The summed E-state index contributed by atoms with van der Waals surface area (Å²) < 4.78 is 4.90. The first-order valence-corrected chi connectivity index (χ1v) is 6.50. The van der Waals surface area contributed by atoms with Crippen LogP contribution in [-0.2, 0) is 6.42 Å². The number of halogens is 1. The molecule has 0 unspecified atom stereocenters. The molecule has 2 rings (SSSR count). The number of rotatable bonds is 5. The fraction of sp³-hybridized carbons (Fsp3) is 0.500. The van der Waals surface area contributed by atoms with Gasteiger partial charge in [0.15, 0.2) is 5.82 Å². The van der Waals surface area contributed by atoms with Gasteiger partial charge in [0.2, 0.25) is 5.89 Å². The summed E-state index contributed by atoms with van der Waals surface area (Å²) >= 11 is 5.96. The fourth-order valence-corrected chi connectivity index (χ4v) is 1.72. The first kappa shape index (κ1) is 13.7. The van der Waals surface area contributed by atoms with Gasteiger partial charge in [0.25, 0.3) is 0 Å². The molecule has 0 saturated carbocycles. The van der Waals surface area contributed by atoms with Gasteiger partial charge in [0.05, 0.1) is 0 Å². The first-order valence-electron chi connectivity index (χ1n) is 6.12. The maximum absolute atomic E-state index is 5.96. The molecule has 0 saturated heterocycles. The summed E-state index contributed by atoms with van der Waals surface area (Å²) in [6.45, 7) is 6.47. The normalized spacial score (nSPS) is 11.0. The highest BCUT2D eigenvalue weighted by Gasteiger charge is 2.07. The average Bonchev–Trinajstić information content (AvgIpc) is 2.74. The lowest BCUT2D eigenvalue weighted by Crippen LogP contribution is -2.09. The number of anilines is 1. The van der Waals surface area contributed by atoms with E-state index in [1.165, 1.54) is 0 Å². The molecule has 2 aromatic rings. The number of hydrogen-bond acceptors (Lipinski definition) is 6. The van der Waals surface area contributed by atoms with Crippen molar-refractivity contribution in [2.45, 2.75) is 33.1 Å². The Labute approximate surface area is 116 Å². The minimum Gasteiger partial charge on any atom is -0.369 e. The third kappa shape index (κ3) is 3.89. The molecule has 2 heterocycles. The highest BCUT2D eigenvalue weighted by atomic mass is 35.5. The van der Waals surface area contributed by atoms with E-state index < -0.39 is 0 Å². The zero-order valence-corrected chi connectivity index (χ0v) is 11.9. The van der Waals surface area contributed by atoms with Gasteiger partial charge in [-0.05, 0) is 0 Å². The quantitative estimate of drug-likeness (QED) is 0.849. The van der Waals surface area contributed by atoms with Crippen LogP contribution in [0, 0.1) is 6.92 Å². The van der Waals surface area contributed by atoms with E-state index in [-0.39, 0.29) is 5.92 Å². The average molecular weight is 282 g/mol. The Balaban J connectivity index is 1.95. The van der Waals surface area contributed by atoms with Crippen LogP contribution < -0.4 is 5.32 Å². The Morgan fingerprint density at radius 3 is 2.74 bits per heavy atom. The molecule has 102 valence electrons. The van der Waals surface area contributed by atoms with Gasteiger partial charge in [-0.15, -0.1) is 0 Å². The van der Waals surface area contributed by atoms with Crippen molar-refractivity contribution in [1.29, 1.82) is 0 Å². The van der Waals surface area contributed by atoms with Crippen LogP contribution in [0.15, 0.2) is 10.6 Å². The second-order valence-corrected chi connectivity index (χ2v) is 4.88. The van der Waals surface area contributed by atoms with Crippen LogP contribution >= 0.6 is 11.6 Å². The third-order valence-electron chi connectivity index (χ3n) is 2.45. The molecule has 0 aromatic carbocycles. The summed E-state index contributed by atoms with van der Waals surface area (Å²) in [6, 6.07) is 1.70. The van der Waals surface area contributed by atoms with Crippen LogP contribution in [0.3, 0.4) is 0 Å². The number of nitrogens with one attached hydrogen (secondary N) is 1. The van der Waals surface area contributed by atoms with Gasteiger partial charge in [-0.3, -0.25) is 0 Å². The smallest absolute Gasteiger partial charge is 0.223 e. The van der Waals surface area contributed by atoms with Crippen molar-refractivity contribution >= 4 is 17.4 Å². The lowest BCUT2D eigenvalue weighted by molar-refractivity contribution is 0.387. The first-order chi connectivity index (χ1) is 9.04. The number of nitrogens with zero attached hydrogens (tertiary/aromatic N) is 4. The van der Waals surface area contributed by atoms with E-state index in [9.17, 15) is 0 Å². The van der Waals surface area contributed by atoms with E-state index >= 15 is 0 Å². The largest absolute Gasteiger partial charge is 0.369 e. The van der Waals surface area contributed by atoms with Gasteiger partial charge in [-0.1, -0.05) is 30.6 Å². The Kier molecular flexibility index (Phi) is 4.31. The predicted octanol–water partition coefficient (Wildman–Crippen LogP) is 2.60. The van der Waals surface area contributed by atoms with Crippen molar-refractivity contribution in [2.75, 3.05) is 11.9 Å². The molecule has 0 radical (unpaired) electrons. The van der Waals surface area contributed by atoms with Crippen LogP contribution in [0.4, 0.5) is 5.82 Å². The molecule has 0 fully saturated rings. The van der Waals surface area contributed by atoms with Crippen molar-refractivity contribution in [3.63, 3.8) is 0 Å². The summed E-state index contributed by atoms with van der Waals surface area (Å²) in [5, 5.41) is 7.45. The molecule has 0 atom stereocenters. The van der Waals surface area contributed by atoms with Gasteiger partial charge in [-0.25, -0.2) is 9.97 Å². The Bertz CT molecular complexity index is 555. The van der Waals surface area contributed by atoms with E-state index in [2.05, 4.69) is 25.4 Å². The summed E-state index contributed by atoms with van der Waals surface area (Å²) in [7, 11) is 0. The highest BCUT2D eigenvalue weighted by molar-refractivity contribution is 6.29. The lowest BCUT2D eigenvalue weighted by atomic mass is 10.2. The van der Waals surface area contributed by atoms with Gasteiger partial charge < -0.3 is 9.84 Å². The Hall–Kier alpha value is -1.69. The van der Waals surface area contributed by atoms with E-state index in [1.807, 2.05) is 13.8 Å². The summed E-state index contributed by atoms with van der Waals surface area (Å²) in [5.74, 6) is 2.92. The SMILES string of the molecule is Cc1nc(CCNc2cc(Cl)nc(C(C)C)n2)no1. The minimum absolute atomic E-state index is 0.235. The standard InChI is InChI=1S/C12H16ClN5O/c1-7(2)12-16-9(13)6-11(17-12)14-5-4-10-15-8(3)19-18-10/h6-7H,4-5H2,1-3H3,(H,14,16,17). The van der Waals surface area contributed by atoms with E-state index in [0.717, 1.165) is 5.82 Å². The van der Waals surface area contributed by atoms with Crippen LogP contribution in [-0.4, -0.2) is 26.7 Å². The van der Waals surface area contributed by atoms with Crippen molar-refractivity contribution in [3.8, 4) is 0 Å². The molecule has 0 aliphatic heterocycles. The summed E-state index contributed by atoms with van der Waals surface area (Å²) in [5.41, 5.74) is 0. The maximum atomic E-state index is 5.96. The highest BCUT2D eigenvalue weighted by Crippen LogP contribution is 2.16. The minimum atomic E-state index is 0.235. The monoisotopic (exact) mass is 281 g/mol. The second-order valence-electron chi connectivity index (χ2n) is 4.50. The van der Waals surface area contributed by atoms with Gasteiger partial charge in [0.1, 0.15) is 16.8 Å². The maximum Gasteiger partial charge on any atom is 0.223 e. The summed E-state index contributed by atoms with van der Waals surface area (Å²) in [4.78, 5) is 12.7. The lowest BCUT2D eigenvalue weighted by Gasteiger charge is -2.08. The molecule has 2 aromatic heterocycles. The third-order valence-corrected chi connectivity index (χ3v) is 2.65. The molecule has 0 bridgehead atoms. The molecule has 0 aliphatic carbocycles. The van der Waals surface area contributed by atoms with Crippen molar-refractivity contribution in [1.82, 2.24) is 20.1 Å². The topological polar surface area (TPSA) is 76.7 Å². The molecule has 0 amide bonds. The predicted molar refractivity (Wildman–Crippen MR) is 72.4 cm³/mol. The molecule has 7 heteroatoms. The zero-order valence-electron chi connectivity index (χ0n) is 11.1. The summed E-state index contributed by atoms with van der Waals surface area (Å²) in [6.07, 6.45) is 0.663. The van der Waals surface area contributed by atoms with Gasteiger partial charge >= 0.3 is 0 Å². The van der Waals surface area contributed by atoms with E-state index in [0.29, 0.717) is 35.7 Å². The number of hydrogen-bond donors (Lipinski definition) is 1. The second kappa shape index (κ2) is 5.97. The number of aryl methyl sites for hydroxylation is 1. The van der Waals surface area contributed by atoms with Crippen LogP contribution in [0.1, 0.15) is 37.3 Å². The molecular formula is C12H16ClN5O. The van der Waals surface area contributed by atoms with Gasteiger partial charge in [-0.2, -0.15) is 4.98 Å². The molecular weight excluding hydrogens is 266 g/mol. The number of aromatic nitrogens is 4.